The van der Waals surface area contributed by atoms with Crippen LogP contribution in [0.25, 0.3) is 0 Å². The standard InChI is InChI=1S/C23H25FN2O6S/c1-4-15(3)26(33(30,31)19-12-8-17(24)9-13-19)20-14-21(27)25(22(20)28)18-10-6-16(7-11-18)23(29)32-5-2/h6-13,15,20H,4-5,14H2,1-3H3. The number of imide groups is 1. The molecule has 0 aliphatic carbocycles. The van der Waals surface area contributed by atoms with E-state index in [2.05, 4.69) is 0 Å². The van der Waals surface area contributed by atoms with Crippen LogP contribution < -0.4 is 4.90 Å². The lowest BCUT2D eigenvalue weighted by molar-refractivity contribution is -0.122. The van der Waals surface area contributed by atoms with Gasteiger partial charge in [-0.1, -0.05) is 6.92 Å². The minimum absolute atomic E-state index is 0.165. The van der Waals surface area contributed by atoms with Crippen molar-refractivity contribution >= 4 is 33.5 Å². The number of carbonyl (C=O) groups is 3. The van der Waals surface area contributed by atoms with Crippen LogP contribution in [-0.2, 0) is 24.3 Å². The van der Waals surface area contributed by atoms with E-state index >= 15 is 0 Å². The van der Waals surface area contributed by atoms with Gasteiger partial charge in [-0.2, -0.15) is 4.31 Å². The van der Waals surface area contributed by atoms with Gasteiger partial charge in [0.2, 0.25) is 15.9 Å². The Morgan fingerprint density at radius 1 is 1.12 bits per heavy atom. The summed E-state index contributed by atoms with van der Waals surface area (Å²) in [7, 11) is -4.19. The molecule has 8 nitrogen and oxygen atoms in total. The number of esters is 1. The Kier molecular flexibility index (Phi) is 7.28. The molecular weight excluding hydrogens is 451 g/mol. The predicted molar refractivity (Wildman–Crippen MR) is 118 cm³/mol. The normalized spacial score (nSPS) is 17.5. The van der Waals surface area contributed by atoms with Crippen LogP contribution in [0.1, 0.15) is 44.0 Å². The zero-order valence-corrected chi connectivity index (χ0v) is 19.3. The molecule has 2 unspecified atom stereocenters. The monoisotopic (exact) mass is 476 g/mol. The summed E-state index contributed by atoms with van der Waals surface area (Å²) in [4.78, 5) is 38.7. The lowest BCUT2D eigenvalue weighted by atomic mass is 10.2. The third-order valence-electron chi connectivity index (χ3n) is 5.48. The smallest absolute Gasteiger partial charge is 0.338 e. The first kappa shape index (κ1) is 24.5. The molecule has 0 aromatic heterocycles. The molecule has 1 aliphatic heterocycles. The molecule has 1 aliphatic rings. The van der Waals surface area contributed by atoms with E-state index in [0.29, 0.717) is 6.42 Å². The van der Waals surface area contributed by atoms with Gasteiger partial charge < -0.3 is 4.74 Å². The summed E-state index contributed by atoms with van der Waals surface area (Å²) in [5, 5.41) is 0. The van der Waals surface area contributed by atoms with E-state index in [0.717, 1.165) is 33.5 Å². The van der Waals surface area contributed by atoms with E-state index in [9.17, 15) is 27.2 Å². The SMILES string of the molecule is CCOC(=O)c1ccc(N2C(=O)CC(N(C(C)CC)S(=O)(=O)c3ccc(F)cc3)C2=O)cc1. The van der Waals surface area contributed by atoms with Crippen LogP contribution >= 0.6 is 0 Å². The summed E-state index contributed by atoms with van der Waals surface area (Å²) in [6, 6.07) is 8.23. The number of hydrogen-bond acceptors (Lipinski definition) is 6. The molecule has 2 amide bonds. The van der Waals surface area contributed by atoms with Crippen LogP contribution in [0, 0.1) is 5.82 Å². The highest BCUT2D eigenvalue weighted by Gasteiger charge is 2.48. The van der Waals surface area contributed by atoms with Crippen molar-refractivity contribution in [1.82, 2.24) is 4.31 Å². The van der Waals surface area contributed by atoms with Gasteiger partial charge in [-0.05, 0) is 68.8 Å². The fourth-order valence-corrected chi connectivity index (χ4v) is 5.51. The Balaban J connectivity index is 1.94. The van der Waals surface area contributed by atoms with Gasteiger partial charge in [-0.25, -0.2) is 22.5 Å². The molecule has 1 saturated heterocycles. The van der Waals surface area contributed by atoms with Gasteiger partial charge in [0.05, 0.1) is 29.2 Å². The molecule has 0 spiro atoms. The summed E-state index contributed by atoms with van der Waals surface area (Å²) >= 11 is 0. The first-order chi connectivity index (χ1) is 15.6. The van der Waals surface area contributed by atoms with E-state index < -0.39 is 45.7 Å². The largest absolute Gasteiger partial charge is 0.462 e. The number of hydrogen-bond donors (Lipinski definition) is 0. The lowest BCUT2D eigenvalue weighted by Gasteiger charge is -2.31. The highest BCUT2D eigenvalue weighted by Crippen LogP contribution is 2.31. The maximum atomic E-state index is 13.4. The second-order valence-electron chi connectivity index (χ2n) is 7.60. The summed E-state index contributed by atoms with van der Waals surface area (Å²) in [5.74, 6) is -2.37. The summed E-state index contributed by atoms with van der Waals surface area (Å²) in [6.45, 7) is 5.30. The van der Waals surface area contributed by atoms with Gasteiger partial charge in [0.1, 0.15) is 11.9 Å². The number of rotatable bonds is 8. The fraction of sp³-hybridized carbons (Fsp3) is 0.348. The van der Waals surface area contributed by atoms with Gasteiger partial charge in [0.25, 0.3) is 5.91 Å². The van der Waals surface area contributed by atoms with Crippen LogP contribution in [0.5, 0.6) is 0 Å². The second-order valence-corrected chi connectivity index (χ2v) is 9.44. The van der Waals surface area contributed by atoms with E-state index in [4.69, 9.17) is 4.74 Å². The van der Waals surface area contributed by atoms with E-state index in [1.165, 1.54) is 24.3 Å². The number of benzene rings is 2. The quantitative estimate of drug-likeness (QED) is 0.429. The number of halogens is 1. The second kappa shape index (κ2) is 9.80. The highest BCUT2D eigenvalue weighted by atomic mass is 32.2. The molecule has 3 rings (SSSR count). The topological polar surface area (TPSA) is 101 Å². The van der Waals surface area contributed by atoms with Crippen molar-refractivity contribution < 1.29 is 31.9 Å². The first-order valence-electron chi connectivity index (χ1n) is 10.5. The summed E-state index contributed by atoms with van der Waals surface area (Å²) in [6.07, 6.45) is 0.0653. The molecule has 2 aromatic rings. The molecule has 176 valence electrons. The molecule has 0 radical (unpaired) electrons. The number of ether oxygens (including phenoxy) is 1. The van der Waals surface area contributed by atoms with Crippen molar-refractivity contribution in [1.29, 1.82) is 0 Å². The number of amides is 2. The molecule has 1 heterocycles. The molecule has 0 N–H and O–H groups in total. The Labute approximate surface area is 192 Å². The minimum Gasteiger partial charge on any atom is -0.462 e. The minimum atomic E-state index is -4.19. The average Bonchev–Trinajstić information content (AvgIpc) is 3.07. The maximum absolute atomic E-state index is 13.4. The Hall–Kier alpha value is -3.11. The highest BCUT2D eigenvalue weighted by molar-refractivity contribution is 7.89. The molecule has 0 bridgehead atoms. The first-order valence-corrected chi connectivity index (χ1v) is 12.0. The third kappa shape index (κ3) is 4.81. The zero-order chi connectivity index (χ0) is 24.3. The van der Waals surface area contributed by atoms with Crippen molar-refractivity contribution in [3.05, 3.63) is 59.9 Å². The zero-order valence-electron chi connectivity index (χ0n) is 18.5. The molecule has 2 atom stereocenters. The Bertz CT molecular complexity index is 1150. The fourth-order valence-electron chi connectivity index (χ4n) is 3.67. The molecule has 1 fully saturated rings. The van der Waals surface area contributed by atoms with E-state index in [1.807, 2.05) is 0 Å². The van der Waals surface area contributed by atoms with Crippen LogP contribution in [0.4, 0.5) is 10.1 Å². The van der Waals surface area contributed by atoms with Gasteiger partial charge in [-0.15, -0.1) is 0 Å². The number of nitrogens with zero attached hydrogens (tertiary/aromatic N) is 2. The van der Waals surface area contributed by atoms with Crippen LogP contribution in [0.3, 0.4) is 0 Å². The van der Waals surface area contributed by atoms with Crippen LogP contribution in [0.15, 0.2) is 53.4 Å². The lowest BCUT2D eigenvalue weighted by Crippen LogP contribution is -2.49. The summed E-state index contributed by atoms with van der Waals surface area (Å²) in [5.41, 5.74) is 0.486. The van der Waals surface area contributed by atoms with Crippen molar-refractivity contribution in [3.8, 4) is 0 Å². The van der Waals surface area contributed by atoms with Gasteiger partial charge >= 0.3 is 5.97 Å². The third-order valence-corrected chi connectivity index (χ3v) is 7.52. The van der Waals surface area contributed by atoms with Crippen molar-refractivity contribution in [2.75, 3.05) is 11.5 Å². The van der Waals surface area contributed by atoms with Gasteiger partial charge in [0.15, 0.2) is 0 Å². The van der Waals surface area contributed by atoms with E-state index in [-0.39, 0.29) is 29.2 Å². The predicted octanol–water partition coefficient (Wildman–Crippen LogP) is 3.12. The molecular formula is C23H25FN2O6S. The average molecular weight is 477 g/mol. The van der Waals surface area contributed by atoms with Crippen molar-refractivity contribution in [2.45, 2.75) is 50.6 Å². The molecule has 33 heavy (non-hydrogen) atoms. The Morgan fingerprint density at radius 3 is 2.27 bits per heavy atom. The van der Waals surface area contributed by atoms with Gasteiger partial charge in [0, 0.05) is 6.04 Å². The Morgan fingerprint density at radius 2 is 1.73 bits per heavy atom. The molecule has 2 aromatic carbocycles. The summed E-state index contributed by atoms with van der Waals surface area (Å²) < 4.78 is 46.0. The molecule has 10 heteroatoms. The maximum Gasteiger partial charge on any atom is 0.338 e. The van der Waals surface area contributed by atoms with Crippen LogP contribution in [-0.4, -0.2) is 49.2 Å². The molecule has 0 saturated carbocycles. The van der Waals surface area contributed by atoms with Crippen molar-refractivity contribution in [2.24, 2.45) is 0 Å². The number of sulfonamides is 1. The van der Waals surface area contributed by atoms with E-state index in [1.54, 1.807) is 20.8 Å². The van der Waals surface area contributed by atoms with Crippen LogP contribution in [0.2, 0.25) is 0 Å². The van der Waals surface area contributed by atoms with Crippen molar-refractivity contribution in [3.63, 3.8) is 0 Å². The van der Waals surface area contributed by atoms with Gasteiger partial charge in [-0.3, -0.25) is 9.59 Å². The number of anilines is 1. The number of carbonyl (C=O) groups excluding carboxylic acids is 3.